The minimum Gasteiger partial charge on any atom is -0.493 e. The Morgan fingerprint density at radius 3 is 2.40 bits per heavy atom. The van der Waals surface area contributed by atoms with Crippen molar-refractivity contribution < 1.29 is 27.9 Å². The molecule has 1 atom stereocenters. The third kappa shape index (κ3) is 5.31. The highest BCUT2D eigenvalue weighted by molar-refractivity contribution is 6.08. The van der Waals surface area contributed by atoms with Gasteiger partial charge in [0.25, 0.3) is 5.91 Å². The molecule has 3 aromatic rings. The van der Waals surface area contributed by atoms with Crippen LogP contribution in [-0.4, -0.2) is 32.1 Å². The van der Waals surface area contributed by atoms with Crippen molar-refractivity contribution in [3.05, 3.63) is 78.0 Å². The van der Waals surface area contributed by atoms with Crippen molar-refractivity contribution >= 4 is 17.5 Å². The van der Waals surface area contributed by atoms with E-state index in [-0.39, 0.29) is 17.5 Å². The van der Waals surface area contributed by atoms with Crippen molar-refractivity contribution in [2.45, 2.75) is 44.2 Å². The molecule has 1 aliphatic carbocycles. The summed E-state index contributed by atoms with van der Waals surface area (Å²) in [5, 5.41) is 3.10. The number of hydrogen-bond acceptors (Lipinski definition) is 5. The molecule has 1 N–H and O–H groups in total. The second kappa shape index (κ2) is 11.1. The van der Waals surface area contributed by atoms with Crippen LogP contribution in [0.5, 0.6) is 11.5 Å². The van der Waals surface area contributed by atoms with Gasteiger partial charge in [-0.05, 0) is 54.8 Å². The van der Waals surface area contributed by atoms with E-state index >= 15 is 4.39 Å². The Bertz CT molecular complexity index is 1160. The van der Waals surface area contributed by atoms with E-state index in [2.05, 4.69) is 5.32 Å². The number of carbonyl (C=O) groups excluding carboxylic acids is 2. The summed E-state index contributed by atoms with van der Waals surface area (Å²) < 4.78 is 31.2. The number of para-hydroxylation sites is 1. The number of methoxy groups -OCH3 is 2. The summed E-state index contributed by atoms with van der Waals surface area (Å²) in [4.78, 5) is 28.7. The summed E-state index contributed by atoms with van der Waals surface area (Å²) in [6.07, 6.45) is 6.25. The fourth-order valence-electron chi connectivity index (χ4n) is 4.50. The molecule has 0 bridgehead atoms. The standard InChI is InChI=1S/C27H29FN2O5/c1-33-22-15-14-18(17-24(22)34-2)25(26(31)29-19-9-4-3-5-10-19)30(21-12-7-6-11-20(21)28)27(32)23-13-8-16-35-23/h6-8,11-17,19,25H,3-5,9-10H2,1-2H3,(H,29,31)/t25-/m0/s1. The minimum absolute atomic E-state index is 0.0100. The molecule has 1 fully saturated rings. The lowest BCUT2D eigenvalue weighted by molar-refractivity contribution is -0.123. The molecule has 1 aliphatic rings. The molecule has 0 aliphatic heterocycles. The summed E-state index contributed by atoms with van der Waals surface area (Å²) in [5.41, 5.74) is 0.409. The average molecular weight is 481 g/mol. The highest BCUT2D eigenvalue weighted by atomic mass is 19.1. The summed E-state index contributed by atoms with van der Waals surface area (Å²) in [6.45, 7) is 0. The SMILES string of the molecule is COc1ccc([C@@H](C(=O)NC2CCCCC2)N(C(=O)c2ccco2)c2ccccc2F)cc1OC. The number of nitrogens with one attached hydrogen (secondary N) is 1. The minimum atomic E-state index is -1.19. The quantitative estimate of drug-likeness (QED) is 0.475. The van der Waals surface area contributed by atoms with Crippen LogP contribution in [0.15, 0.2) is 65.3 Å². The number of halogens is 1. The third-order valence-electron chi connectivity index (χ3n) is 6.24. The van der Waals surface area contributed by atoms with Crippen LogP contribution in [0, 0.1) is 5.82 Å². The molecular weight excluding hydrogens is 451 g/mol. The van der Waals surface area contributed by atoms with E-state index < -0.39 is 23.7 Å². The van der Waals surface area contributed by atoms with E-state index in [4.69, 9.17) is 13.9 Å². The second-order valence-corrected chi connectivity index (χ2v) is 8.46. The van der Waals surface area contributed by atoms with Gasteiger partial charge in [-0.25, -0.2) is 4.39 Å². The number of amides is 2. The molecule has 8 heteroatoms. The van der Waals surface area contributed by atoms with E-state index in [9.17, 15) is 9.59 Å². The number of rotatable bonds is 8. The van der Waals surface area contributed by atoms with Gasteiger partial charge in [-0.15, -0.1) is 0 Å². The van der Waals surface area contributed by atoms with E-state index in [0.717, 1.165) is 37.0 Å². The van der Waals surface area contributed by atoms with Crippen LogP contribution < -0.4 is 19.7 Å². The third-order valence-corrected chi connectivity index (χ3v) is 6.24. The van der Waals surface area contributed by atoms with E-state index in [1.54, 1.807) is 30.3 Å². The lowest BCUT2D eigenvalue weighted by Crippen LogP contribution is -2.47. The van der Waals surface area contributed by atoms with Crippen molar-refractivity contribution in [3.63, 3.8) is 0 Å². The molecule has 2 amide bonds. The summed E-state index contributed by atoms with van der Waals surface area (Å²) in [6, 6.07) is 12.7. The molecule has 0 spiro atoms. The normalized spacial score (nSPS) is 14.7. The number of nitrogens with zero attached hydrogens (tertiary/aromatic N) is 1. The Labute approximate surface area is 203 Å². The second-order valence-electron chi connectivity index (χ2n) is 8.46. The van der Waals surface area contributed by atoms with E-state index in [0.29, 0.717) is 17.1 Å². The molecule has 1 heterocycles. The Balaban J connectivity index is 1.84. The van der Waals surface area contributed by atoms with Gasteiger partial charge in [0.15, 0.2) is 17.3 Å². The predicted octanol–water partition coefficient (Wildman–Crippen LogP) is 5.27. The number of ether oxygens (including phenoxy) is 2. The van der Waals surface area contributed by atoms with Crippen LogP contribution in [0.4, 0.5) is 10.1 Å². The van der Waals surface area contributed by atoms with Crippen molar-refractivity contribution in [1.82, 2.24) is 5.32 Å². The highest BCUT2D eigenvalue weighted by Crippen LogP contribution is 2.36. The number of carbonyl (C=O) groups is 2. The largest absolute Gasteiger partial charge is 0.493 e. The number of furan rings is 1. The topological polar surface area (TPSA) is 81.0 Å². The van der Waals surface area contributed by atoms with Crippen LogP contribution in [0.2, 0.25) is 0 Å². The maximum atomic E-state index is 15.1. The lowest BCUT2D eigenvalue weighted by Gasteiger charge is -2.33. The zero-order valence-corrected chi connectivity index (χ0v) is 19.8. The molecule has 0 radical (unpaired) electrons. The molecule has 4 rings (SSSR count). The predicted molar refractivity (Wildman–Crippen MR) is 129 cm³/mol. The molecular formula is C27H29FN2O5. The van der Waals surface area contributed by atoms with Gasteiger partial charge in [0, 0.05) is 6.04 Å². The summed E-state index contributed by atoms with van der Waals surface area (Å²) in [7, 11) is 3.00. The number of benzene rings is 2. The molecule has 2 aromatic carbocycles. The van der Waals surface area contributed by atoms with Gasteiger partial charge < -0.3 is 19.2 Å². The first-order chi connectivity index (χ1) is 17.0. The van der Waals surface area contributed by atoms with Gasteiger partial charge in [-0.1, -0.05) is 37.5 Å². The summed E-state index contributed by atoms with van der Waals surface area (Å²) >= 11 is 0. The fraction of sp³-hybridized carbons (Fsp3) is 0.333. The Morgan fingerprint density at radius 1 is 1.00 bits per heavy atom. The first kappa shape index (κ1) is 24.3. The van der Waals surface area contributed by atoms with Crippen molar-refractivity contribution in [1.29, 1.82) is 0 Å². The Kier molecular flexibility index (Phi) is 7.70. The van der Waals surface area contributed by atoms with E-state index in [1.165, 1.54) is 44.7 Å². The maximum absolute atomic E-state index is 15.1. The van der Waals surface area contributed by atoms with Crippen molar-refractivity contribution in [2.75, 3.05) is 19.1 Å². The molecule has 7 nitrogen and oxygen atoms in total. The lowest BCUT2D eigenvalue weighted by atomic mass is 9.94. The molecule has 1 aromatic heterocycles. The Hall–Kier alpha value is -3.81. The van der Waals surface area contributed by atoms with Crippen LogP contribution in [0.25, 0.3) is 0 Å². The zero-order chi connectivity index (χ0) is 24.8. The Morgan fingerprint density at radius 2 is 1.74 bits per heavy atom. The van der Waals surface area contributed by atoms with Gasteiger partial charge in [-0.2, -0.15) is 0 Å². The van der Waals surface area contributed by atoms with Crippen LogP contribution in [0.3, 0.4) is 0 Å². The van der Waals surface area contributed by atoms with Crippen molar-refractivity contribution in [2.24, 2.45) is 0 Å². The molecule has 1 saturated carbocycles. The van der Waals surface area contributed by atoms with E-state index in [1.807, 2.05) is 0 Å². The first-order valence-corrected chi connectivity index (χ1v) is 11.7. The van der Waals surface area contributed by atoms with Gasteiger partial charge in [-0.3, -0.25) is 14.5 Å². The van der Waals surface area contributed by atoms with Gasteiger partial charge in [0.1, 0.15) is 11.9 Å². The molecule has 35 heavy (non-hydrogen) atoms. The van der Waals surface area contributed by atoms with Crippen molar-refractivity contribution in [3.8, 4) is 11.5 Å². The highest BCUT2D eigenvalue weighted by Gasteiger charge is 2.37. The van der Waals surface area contributed by atoms with Gasteiger partial charge in [0.2, 0.25) is 5.91 Å². The van der Waals surface area contributed by atoms with Crippen LogP contribution in [-0.2, 0) is 4.79 Å². The number of anilines is 1. The molecule has 0 unspecified atom stereocenters. The molecule has 184 valence electrons. The maximum Gasteiger partial charge on any atom is 0.295 e. The molecule has 0 saturated heterocycles. The number of hydrogen-bond donors (Lipinski definition) is 1. The monoisotopic (exact) mass is 480 g/mol. The average Bonchev–Trinajstić information content (AvgIpc) is 3.43. The van der Waals surface area contributed by atoms with Crippen LogP contribution >= 0.6 is 0 Å². The smallest absolute Gasteiger partial charge is 0.295 e. The zero-order valence-electron chi connectivity index (χ0n) is 19.8. The van der Waals surface area contributed by atoms with Gasteiger partial charge >= 0.3 is 0 Å². The first-order valence-electron chi connectivity index (χ1n) is 11.7. The fourth-order valence-corrected chi connectivity index (χ4v) is 4.50. The summed E-state index contributed by atoms with van der Waals surface area (Å²) in [5.74, 6) is -0.838. The van der Waals surface area contributed by atoms with Gasteiger partial charge in [0.05, 0.1) is 26.2 Å². The van der Waals surface area contributed by atoms with Crippen LogP contribution in [0.1, 0.15) is 54.3 Å².